The third kappa shape index (κ3) is 6.42. The Bertz CT molecular complexity index is 1360. The summed E-state index contributed by atoms with van der Waals surface area (Å²) in [5.41, 5.74) is 6.50. The van der Waals surface area contributed by atoms with Crippen LogP contribution in [-0.2, 0) is 24.1 Å². The molecule has 0 saturated heterocycles. The molecule has 0 aliphatic rings. The van der Waals surface area contributed by atoms with Crippen LogP contribution in [0.25, 0.3) is 11.3 Å². The number of aromatic nitrogens is 3. The molecule has 2 aromatic carbocycles. The van der Waals surface area contributed by atoms with Crippen LogP contribution >= 0.6 is 0 Å². The standard InChI is InChI=1S/C30H27N3O2/c1-3-5-27(34)17-22-9-11-24(12-10-22)29(35)18-23-8-7-21(2)26(16-23)19-30-32-15-13-28(33-30)25-6-4-14-31-20-25/h3-16,20H,17-19H2,1-2H3/b5-3+. The highest BCUT2D eigenvalue weighted by molar-refractivity contribution is 5.97. The lowest BCUT2D eigenvalue weighted by molar-refractivity contribution is -0.114. The third-order valence-corrected chi connectivity index (χ3v) is 5.80. The van der Waals surface area contributed by atoms with Gasteiger partial charge in [0.2, 0.25) is 0 Å². The molecule has 5 heteroatoms. The van der Waals surface area contributed by atoms with Crippen molar-refractivity contribution in [1.29, 1.82) is 0 Å². The zero-order chi connectivity index (χ0) is 24.6. The number of aryl methyl sites for hydroxylation is 1. The predicted octanol–water partition coefficient (Wildman–Crippen LogP) is 5.55. The molecule has 0 radical (unpaired) electrons. The summed E-state index contributed by atoms with van der Waals surface area (Å²) in [6.07, 6.45) is 9.82. The highest BCUT2D eigenvalue weighted by atomic mass is 16.1. The van der Waals surface area contributed by atoms with Gasteiger partial charge in [-0.1, -0.05) is 48.5 Å². The van der Waals surface area contributed by atoms with E-state index in [1.807, 2.05) is 49.4 Å². The van der Waals surface area contributed by atoms with E-state index in [1.54, 1.807) is 42.9 Å². The van der Waals surface area contributed by atoms with Gasteiger partial charge in [0.15, 0.2) is 11.6 Å². The molecule has 0 unspecified atom stereocenters. The van der Waals surface area contributed by atoms with Crippen LogP contribution in [0.1, 0.15) is 45.4 Å². The minimum atomic E-state index is 0.0426. The summed E-state index contributed by atoms with van der Waals surface area (Å²) in [4.78, 5) is 38.0. The van der Waals surface area contributed by atoms with E-state index < -0.39 is 0 Å². The molecule has 0 atom stereocenters. The van der Waals surface area contributed by atoms with E-state index in [0.29, 0.717) is 24.8 Å². The Kier molecular flexibility index (Phi) is 7.68. The fraction of sp³-hybridized carbons (Fsp3) is 0.167. The average Bonchev–Trinajstić information content (AvgIpc) is 2.87. The number of nitrogens with zero attached hydrogens (tertiary/aromatic N) is 3. The Morgan fingerprint density at radius 2 is 1.71 bits per heavy atom. The van der Waals surface area contributed by atoms with E-state index in [1.165, 1.54) is 0 Å². The number of benzene rings is 2. The van der Waals surface area contributed by atoms with Crippen molar-refractivity contribution in [3.8, 4) is 11.3 Å². The minimum Gasteiger partial charge on any atom is -0.294 e. The molecule has 0 saturated carbocycles. The molecule has 35 heavy (non-hydrogen) atoms. The van der Waals surface area contributed by atoms with Crippen LogP contribution in [0.15, 0.2) is 91.4 Å². The molecule has 0 bridgehead atoms. The average molecular weight is 462 g/mol. The van der Waals surface area contributed by atoms with Gasteiger partial charge < -0.3 is 0 Å². The number of carbonyl (C=O) groups is 2. The molecule has 2 heterocycles. The Balaban J connectivity index is 1.46. The van der Waals surface area contributed by atoms with Crippen LogP contribution in [0.2, 0.25) is 0 Å². The van der Waals surface area contributed by atoms with Crippen molar-refractivity contribution < 1.29 is 9.59 Å². The normalized spacial score (nSPS) is 11.0. The molecule has 4 rings (SSSR count). The van der Waals surface area contributed by atoms with Crippen LogP contribution in [0.3, 0.4) is 0 Å². The summed E-state index contributed by atoms with van der Waals surface area (Å²) in [6.45, 7) is 3.88. The molecule has 0 N–H and O–H groups in total. The molecule has 0 spiro atoms. The topological polar surface area (TPSA) is 72.8 Å². The second-order valence-electron chi connectivity index (χ2n) is 8.48. The van der Waals surface area contributed by atoms with E-state index in [4.69, 9.17) is 4.98 Å². The smallest absolute Gasteiger partial charge is 0.167 e. The number of allylic oxidation sites excluding steroid dienone is 2. The summed E-state index contributed by atoms with van der Waals surface area (Å²) < 4.78 is 0. The van der Waals surface area contributed by atoms with Crippen LogP contribution in [0, 0.1) is 6.92 Å². The van der Waals surface area contributed by atoms with Gasteiger partial charge in [-0.15, -0.1) is 0 Å². The molecule has 2 aromatic heterocycles. The highest BCUT2D eigenvalue weighted by Crippen LogP contribution is 2.19. The Hall–Kier alpha value is -4.25. The van der Waals surface area contributed by atoms with Crippen LogP contribution in [0.4, 0.5) is 0 Å². The summed E-state index contributed by atoms with van der Waals surface area (Å²) in [5, 5.41) is 0. The van der Waals surface area contributed by atoms with Crippen molar-refractivity contribution in [2.24, 2.45) is 0 Å². The molecule has 0 aliphatic carbocycles. The number of ketones is 2. The summed E-state index contributed by atoms with van der Waals surface area (Å²) in [7, 11) is 0. The summed E-state index contributed by atoms with van der Waals surface area (Å²) in [5.74, 6) is 0.815. The van der Waals surface area contributed by atoms with Gasteiger partial charge in [-0.2, -0.15) is 0 Å². The molecule has 4 aromatic rings. The number of Topliss-reactive ketones (excluding diaryl/α,β-unsaturated/α-hetero) is 1. The SMILES string of the molecule is C/C=C/C(=O)Cc1ccc(C(=O)Cc2ccc(C)c(Cc3nccc(-c4cccnc4)n3)c2)cc1. The summed E-state index contributed by atoms with van der Waals surface area (Å²) >= 11 is 0. The van der Waals surface area contributed by atoms with Crippen LogP contribution in [-0.4, -0.2) is 26.5 Å². The lowest BCUT2D eigenvalue weighted by Crippen LogP contribution is -2.06. The zero-order valence-electron chi connectivity index (χ0n) is 19.9. The molecular formula is C30H27N3O2. The Morgan fingerprint density at radius 3 is 2.46 bits per heavy atom. The lowest BCUT2D eigenvalue weighted by Gasteiger charge is -2.10. The van der Waals surface area contributed by atoms with Crippen molar-refractivity contribution in [2.75, 3.05) is 0 Å². The fourth-order valence-electron chi connectivity index (χ4n) is 3.90. The molecule has 174 valence electrons. The summed E-state index contributed by atoms with van der Waals surface area (Å²) in [6, 6.07) is 19.1. The van der Waals surface area contributed by atoms with Gasteiger partial charge in [-0.25, -0.2) is 9.97 Å². The van der Waals surface area contributed by atoms with Crippen molar-refractivity contribution in [3.63, 3.8) is 0 Å². The molecule has 0 fully saturated rings. The van der Waals surface area contributed by atoms with Gasteiger partial charge in [0.1, 0.15) is 5.82 Å². The van der Waals surface area contributed by atoms with Crippen molar-refractivity contribution >= 4 is 11.6 Å². The molecule has 0 amide bonds. The van der Waals surface area contributed by atoms with E-state index in [2.05, 4.69) is 23.0 Å². The maximum atomic E-state index is 12.9. The molecule has 5 nitrogen and oxygen atoms in total. The van der Waals surface area contributed by atoms with Gasteiger partial charge in [-0.05, 0) is 60.4 Å². The number of rotatable bonds is 9. The first-order chi connectivity index (χ1) is 17.0. The van der Waals surface area contributed by atoms with E-state index >= 15 is 0 Å². The van der Waals surface area contributed by atoms with Crippen molar-refractivity contribution in [1.82, 2.24) is 15.0 Å². The van der Waals surface area contributed by atoms with E-state index in [0.717, 1.165) is 39.3 Å². The van der Waals surface area contributed by atoms with Gasteiger partial charge in [0.25, 0.3) is 0 Å². The second kappa shape index (κ2) is 11.3. The van der Waals surface area contributed by atoms with E-state index in [-0.39, 0.29) is 11.6 Å². The van der Waals surface area contributed by atoms with Gasteiger partial charge in [-0.3, -0.25) is 14.6 Å². The maximum absolute atomic E-state index is 12.9. The van der Waals surface area contributed by atoms with Gasteiger partial charge >= 0.3 is 0 Å². The van der Waals surface area contributed by atoms with E-state index in [9.17, 15) is 9.59 Å². The minimum absolute atomic E-state index is 0.0426. The Morgan fingerprint density at radius 1 is 0.914 bits per heavy atom. The zero-order valence-corrected chi connectivity index (χ0v) is 19.9. The number of hydrogen-bond acceptors (Lipinski definition) is 5. The number of hydrogen-bond donors (Lipinski definition) is 0. The second-order valence-corrected chi connectivity index (χ2v) is 8.48. The van der Waals surface area contributed by atoms with Crippen LogP contribution in [0.5, 0.6) is 0 Å². The highest BCUT2D eigenvalue weighted by Gasteiger charge is 2.11. The molecular weight excluding hydrogens is 434 g/mol. The Labute approximate surface area is 205 Å². The monoisotopic (exact) mass is 461 g/mol. The number of pyridine rings is 1. The number of carbonyl (C=O) groups excluding carboxylic acids is 2. The largest absolute Gasteiger partial charge is 0.294 e. The first-order valence-electron chi connectivity index (χ1n) is 11.6. The maximum Gasteiger partial charge on any atom is 0.167 e. The van der Waals surface area contributed by atoms with Crippen LogP contribution < -0.4 is 0 Å². The van der Waals surface area contributed by atoms with Crippen molar-refractivity contribution in [2.45, 2.75) is 33.1 Å². The lowest BCUT2D eigenvalue weighted by atomic mass is 9.96. The van der Waals surface area contributed by atoms with Gasteiger partial charge in [0, 0.05) is 49.0 Å². The quantitative estimate of drug-likeness (QED) is 0.241. The third-order valence-electron chi connectivity index (χ3n) is 5.80. The predicted molar refractivity (Wildman–Crippen MR) is 137 cm³/mol. The van der Waals surface area contributed by atoms with Crippen molar-refractivity contribution in [3.05, 3.63) is 125 Å². The first-order valence-corrected chi connectivity index (χ1v) is 11.6. The van der Waals surface area contributed by atoms with Gasteiger partial charge in [0.05, 0.1) is 5.69 Å². The first kappa shape index (κ1) is 23.9. The molecule has 0 aliphatic heterocycles. The fourth-order valence-corrected chi connectivity index (χ4v) is 3.90.